The van der Waals surface area contributed by atoms with E-state index in [0.717, 1.165) is 11.4 Å². The van der Waals surface area contributed by atoms with Gasteiger partial charge in [-0.15, -0.1) is 0 Å². The molecular formula is C16H20N2O. The second-order valence-electron chi connectivity index (χ2n) is 4.47. The molecule has 2 N–H and O–H groups in total. The van der Waals surface area contributed by atoms with Crippen molar-refractivity contribution in [2.24, 2.45) is 5.73 Å². The predicted molar refractivity (Wildman–Crippen MR) is 79.6 cm³/mol. The van der Waals surface area contributed by atoms with Crippen LogP contribution in [0.15, 0.2) is 54.6 Å². The monoisotopic (exact) mass is 256 g/mol. The van der Waals surface area contributed by atoms with Crippen molar-refractivity contribution < 1.29 is 4.74 Å². The van der Waals surface area contributed by atoms with E-state index >= 15 is 0 Å². The first-order valence-electron chi connectivity index (χ1n) is 6.38. The fourth-order valence-electron chi connectivity index (χ4n) is 2.20. The number of likely N-dealkylation sites (N-methyl/N-ethyl adjacent to an activating group) is 1. The van der Waals surface area contributed by atoms with Gasteiger partial charge in [0.15, 0.2) is 0 Å². The zero-order valence-corrected chi connectivity index (χ0v) is 11.4. The second-order valence-corrected chi connectivity index (χ2v) is 4.47. The van der Waals surface area contributed by atoms with Crippen LogP contribution >= 0.6 is 0 Å². The van der Waals surface area contributed by atoms with Crippen LogP contribution in [0.1, 0.15) is 11.6 Å². The molecule has 100 valence electrons. The molecule has 1 unspecified atom stereocenters. The number of rotatable bonds is 5. The van der Waals surface area contributed by atoms with E-state index in [0.29, 0.717) is 6.54 Å². The maximum absolute atomic E-state index is 5.94. The number of nitrogens with two attached hydrogens (primary N) is 1. The minimum atomic E-state index is 0.160. The van der Waals surface area contributed by atoms with Crippen molar-refractivity contribution in [3.63, 3.8) is 0 Å². The summed E-state index contributed by atoms with van der Waals surface area (Å²) in [4.78, 5) is 2.18. The van der Waals surface area contributed by atoms with E-state index in [2.05, 4.69) is 30.1 Å². The van der Waals surface area contributed by atoms with Crippen LogP contribution < -0.4 is 15.4 Å². The highest BCUT2D eigenvalue weighted by Gasteiger charge is 2.15. The highest BCUT2D eigenvalue weighted by molar-refractivity contribution is 5.52. The molecule has 0 radical (unpaired) electrons. The van der Waals surface area contributed by atoms with Crippen molar-refractivity contribution in [3.05, 3.63) is 60.2 Å². The molecule has 19 heavy (non-hydrogen) atoms. The second kappa shape index (κ2) is 6.25. The van der Waals surface area contributed by atoms with Gasteiger partial charge in [-0.25, -0.2) is 0 Å². The summed E-state index contributed by atoms with van der Waals surface area (Å²) in [7, 11) is 3.73. The Hall–Kier alpha value is -2.00. The van der Waals surface area contributed by atoms with Crippen LogP contribution in [0.2, 0.25) is 0 Å². The van der Waals surface area contributed by atoms with E-state index in [-0.39, 0.29) is 6.04 Å². The SMILES string of the molecule is COc1cccc(N(C)C(CN)c2ccccc2)c1. The number of hydrogen-bond acceptors (Lipinski definition) is 3. The molecule has 0 saturated heterocycles. The van der Waals surface area contributed by atoms with Crippen LogP contribution in [-0.4, -0.2) is 20.7 Å². The standard InChI is InChI=1S/C16H20N2O/c1-18(14-9-6-10-15(11-14)19-2)16(12-17)13-7-4-3-5-8-13/h3-11,16H,12,17H2,1-2H3. The molecule has 2 aromatic carbocycles. The first-order valence-corrected chi connectivity index (χ1v) is 6.38. The lowest BCUT2D eigenvalue weighted by molar-refractivity contribution is 0.414. The summed E-state index contributed by atoms with van der Waals surface area (Å²) in [5.41, 5.74) is 8.25. The number of methoxy groups -OCH3 is 1. The molecule has 0 bridgehead atoms. The molecule has 0 heterocycles. The van der Waals surface area contributed by atoms with Gasteiger partial charge in [-0.1, -0.05) is 36.4 Å². The zero-order valence-electron chi connectivity index (χ0n) is 11.4. The molecule has 0 saturated carbocycles. The molecule has 0 aliphatic heterocycles. The minimum Gasteiger partial charge on any atom is -0.497 e. The molecule has 3 nitrogen and oxygen atoms in total. The van der Waals surface area contributed by atoms with E-state index in [1.807, 2.05) is 36.4 Å². The Bertz CT molecular complexity index is 513. The average Bonchev–Trinajstić information content (AvgIpc) is 2.49. The summed E-state index contributed by atoms with van der Waals surface area (Å²) >= 11 is 0. The molecule has 0 spiro atoms. The Morgan fingerprint density at radius 1 is 1.11 bits per heavy atom. The molecule has 2 rings (SSSR count). The molecule has 0 aliphatic carbocycles. The highest BCUT2D eigenvalue weighted by atomic mass is 16.5. The van der Waals surface area contributed by atoms with Crippen LogP contribution in [0.4, 0.5) is 5.69 Å². The Morgan fingerprint density at radius 2 is 1.84 bits per heavy atom. The van der Waals surface area contributed by atoms with Gasteiger partial charge >= 0.3 is 0 Å². The Balaban J connectivity index is 2.27. The van der Waals surface area contributed by atoms with E-state index < -0.39 is 0 Å². The molecular weight excluding hydrogens is 236 g/mol. The largest absolute Gasteiger partial charge is 0.497 e. The van der Waals surface area contributed by atoms with Gasteiger partial charge in [0.1, 0.15) is 5.75 Å². The van der Waals surface area contributed by atoms with Crippen molar-refractivity contribution in [2.45, 2.75) is 6.04 Å². The lowest BCUT2D eigenvalue weighted by Gasteiger charge is -2.29. The molecule has 0 aliphatic rings. The van der Waals surface area contributed by atoms with Crippen molar-refractivity contribution >= 4 is 5.69 Å². The van der Waals surface area contributed by atoms with Crippen molar-refractivity contribution in [2.75, 3.05) is 25.6 Å². The first kappa shape index (κ1) is 13.4. The lowest BCUT2D eigenvalue weighted by Crippen LogP contribution is -2.30. The van der Waals surface area contributed by atoms with Gasteiger partial charge in [0.2, 0.25) is 0 Å². The summed E-state index contributed by atoms with van der Waals surface area (Å²) in [5, 5.41) is 0. The summed E-state index contributed by atoms with van der Waals surface area (Å²) in [6, 6.07) is 18.5. The summed E-state index contributed by atoms with van der Waals surface area (Å²) in [5.74, 6) is 0.855. The van der Waals surface area contributed by atoms with Crippen LogP contribution in [0.25, 0.3) is 0 Å². The molecule has 1 atom stereocenters. The summed E-state index contributed by atoms with van der Waals surface area (Å²) in [6.45, 7) is 0.567. The minimum absolute atomic E-state index is 0.160. The Morgan fingerprint density at radius 3 is 2.47 bits per heavy atom. The van der Waals surface area contributed by atoms with Gasteiger partial charge in [-0.2, -0.15) is 0 Å². The lowest BCUT2D eigenvalue weighted by atomic mass is 10.1. The average molecular weight is 256 g/mol. The number of hydrogen-bond donors (Lipinski definition) is 1. The molecule has 0 fully saturated rings. The van der Waals surface area contributed by atoms with Gasteiger partial charge in [0.05, 0.1) is 13.2 Å². The first-order chi connectivity index (χ1) is 9.26. The quantitative estimate of drug-likeness (QED) is 0.894. The Kier molecular flexibility index (Phi) is 4.42. The van der Waals surface area contributed by atoms with Crippen LogP contribution in [-0.2, 0) is 0 Å². The van der Waals surface area contributed by atoms with E-state index in [9.17, 15) is 0 Å². The fourth-order valence-corrected chi connectivity index (χ4v) is 2.20. The third kappa shape index (κ3) is 3.06. The number of anilines is 1. The van der Waals surface area contributed by atoms with Gasteiger partial charge in [-0.05, 0) is 17.7 Å². The topological polar surface area (TPSA) is 38.5 Å². The van der Waals surface area contributed by atoms with Crippen molar-refractivity contribution in [1.82, 2.24) is 0 Å². The zero-order chi connectivity index (χ0) is 13.7. The third-order valence-corrected chi connectivity index (χ3v) is 3.34. The molecule has 3 heteroatoms. The fraction of sp³-hybridized carbons (Fsp3) is 0.250. The normalized spacial score (nSPS) is 11.9. The van der Waals surface area contributed by atoms with Crippen molar-refractivity contribution in [1.29, 1.82) is 0 Å². The van der Waals surface area contributed by atoms with Crippen LogP contribution in [0, 0.1) is 0 Å². The smallest absolute Gasteiger partial charge is 0.120 e. The van der Waals surface area contributed by atoms with E-state index in [4.69, 9.17) is 10.5 Å². The highest BCUT2D eigenvalue weighted by Crippen LogP contribution is 2.27. The maximum Gasteiger partial charge on any atom is 0.120 e. The van der Waals surface area contributed by atoms with E-state index in [1.54, 1.807) is 7.11 Å². The predicted octanol–water partition coefficient (Wildman–Crippen LogP) is 2.83. The summed E-state index contributed by atoms with van der Waals surface area (Å²) in [6.07, 6.45) is 0. The van der Waals surface area contributed by atoms with Gasteiger partial charge < -0.3 is 15.4 Å². The third-order valence-electron chi connectivity index (χ3n) is 3.34. The molecule has 2 aromatic rings. The number of benzene rings is 2. The number of nitrogens with zero attached hydrogens (tertiary/aromatic N) is 1. The van der Waals surface area contributed by atoms with Crippen molar-refractivity contribution in [3.8, 4) is 5.75 Å². The van der Waals surface area contributed by atoms with Crippen LogP contribution in [0.3, 0.4) is 0 Å². The Labute approximate surface area is 114 Å². The molecule has 0 amide bonds. The van der Waals surface area contributed by atoms with Gasteiger partial charge in [-0.3, -0.25) is 0 Å². The maximum atomic E-state index is 5.94. The van der Waals surface area contributed by atoms with E-state index in [1.165, 1.54) is 5.56 Å². The van der Waals surface area contributed by atoms with Gasteiger partial charge in [0.25, 0.3) is 0 Å². The summed E-state index contributed by atoms with van der Waals surface area (Å²) < 4.78 is 5.27. The molecule has 0 aromatic heterocycles. The van der Waals surface area contributed by atoms with Crippen LogP contribution in [0.5, 0.6) is 5.75 Å². The number of ether oxygens (including phenoxy) is 1. The van der Waals surface area contributed by atoms with Gasteiger partial charge in [0, 0.05) is 25.3 Å².